The second-order valence-electron chi connectivity index (χ2n) is 7.19. The van der Waals surface area contributed by atoms with Crippen LogP contribution in [0.15, 0.2) is 77.4 Å². The van der Waals surface area contributed by atoms with Gasteiger partial charge in [0.2, 0.25) is 0 Å². The fourth-order valence-electron chi connectivity index (χ4n) is 3.66. The van der Waals surface area contributed by atoms with Gasteiger partial charge in [0, 0.05) is 5.56 Å². The van der Waals surface area contributed by atoms with Crippen LogP contribution in [-0.2, 0) is 21.7 Å². The minimum atomic E-state index is -1.89. The Morgan fingerprint density at radius 2 is 1.86 bits per heavy atom. The van der Waals surface area contributed by atoms with Crippen molar-refractivity contribution in [1.29, 1.82) is 0 Å². The second kappa shape index (κ2) is 7.53. The molecule has 29 heavy (non-hydrogen) atoms. The highest BCUT2D eigenvalue weighted by atomic mass is 16.3. The summed E-state index contributed by atoms with van der Waals surface area (Å²) in [4.78, 5) is 27.3. The topological polar surface area (TPSA) is 70.8 Å². The number of benzene rings is 2. The molecule has 4 rings (SSSR count). The van der Waals surface area contributed by atoms with Gasteiger partial charge in [0.25, 0.3) is 5.91 Å². The summed E-state index contributed by atoms with van der Waals surface area (Å²) in [5.74, 6) is -0.309. The lowest BCUT2D eigenvalue weighted by Crippen LogP contribution is -2.41. The molecule has 1 aromatic heterocycles. The van der Waals surface area contributed by atoms with Crippen LogP contribution >= 0.6 is 0 Å². The van der Waals surface area contributed by atoms with E-state index in [2.05, 4.69) is 0 Å². The van der Waals surface area contributed by atoms with Gasteiger partial charge in [-0.15, -0.1) is 0 Å². The molecule has 5 nitrogen and oxygen atoms in total. The van der Waals surface area contributed by atoms with Crippen LogP contribution in [0.1, 0.15) is 28.9 Å². The van der Waals surface area contributed by atoms with Crippen molar-refractivity contribution in [3.05, 3.63) is 95.5 Å². The van der Waals surface area contributed by atoms with Gasteiger partial charge in [-0.1, -0.05) is 42.5 Å². The number of aryl methyl sites for hydroxylation is 1. The number of aliphatic hydroxyl groups is 1. The van der Waals surface area contributed by atoms with Crippen LogP contribution in [0.4, 0.5) is 5.69 Å². The number of para-hydroxylation sites is 1. The molecule has 0 bridgehead atoms. The smallest absolute Gasteiger partial charge is 0.264 e. The van der Waals surface area contributed by atoms with E-state index in [1.807, 2.05) is 37.3 Å². The molecular formula is C24H21NO4. The van der Waals surface area contributed by atoms with Crippen LogP contribution in [0.25, 0.3) is 6.08 Å². The Morgan fingerprint density at radius 1 is 1.10 bits per heavy atom. The van der Waals surface area contributed by atoms with Crippen molar-refractivity contribution in [3.63, 3.8) is 0 Å². The van der Waals surface area contributed by atoms with Gasteiger partial charge in [-0.05, 0) is 48.4 Å². The normalized spacial score (nSPS) is 18.4. The van der Waals surface area contributed by atoms with E-state index in [-0.39, 0.29) is 12.2 Å². The number of carbonyl (C=O) groups excluding carboxylic acids is 2. The van der Waals surface area contributed by atoms with Crippen molar-refractivity contribution in [3.8, 4) is 0 Å². The summed E-state index contributed by atoms with van der Waals surface area (Å²) in [5, 5.41) is 11.3. The lowest BCUT2D eigenvalue weighted by molar-refractivity contribution is -0.140. The van der Waals surface area contributed by atoms with Crippen LogP contribution in [0, 0.1) is 6.92 Å². The van der Waals surface area contributed by atoms with Crippen LogP contribution in [-0.4, -0.2) is 16.8 Å². The third-order valence-corrected chi connectivity index (χ3v) is 5.24. The van der Waals surface area contributed by atoms with Crippen LogP contribution in [0.5, 0.6) is 0 Å². The first-order valence-electron chi connectivity index (χ1n) is 9.42. The maximum absolute atomic E-state index is 13.2. The zero-order valence-electron chi connectivity index (χ0n) is 16.0. The molecule has 1 N–H and O–H groups in total. The molecule has 1 atom stereocenters. The third kappa shape index (κ3) is 3.52. The largest absolute Gasteiger partial charge is 0.465 e. The lowest BCUT2D eigenvalue weighted by atomic mass is 9.90. The fourth-order valence-corrected chi connectivity index (χ4v) is 3.66. The van der Waals surface area contributed by atoms with Gasteiger partial charge in [-0.25, -0.2) is 0 Å². The molecule has 2 aromatic carbocycles. The van der Waals surface area contributed by atoms with Crippen molar-refractivity contribution >= 4 is 23.5 Å². The summed E-state index contributed by atoms with van der Waals surface area (Å²) in [6.07, 6.45) is 4.04. The van der Waals surface area contributed by atoms with Crippen molar-refractivity contribution in [2.75, 3.05) is 4.90 Å². The van der Waals surface area contributed by atoms with Crippen LogP contribution in [0.2, 0.25) is 0 Å². The Morgan fingerprint density at radius 3 is 2.62 bits per heavy atom. The molecule has 0 spiro atoms. The number of hydrogen-bond acceptors (Lipinski definition) is 4. The van der Waals surface area contributed by atoms with E-state index in [1.54, 1.807) is 35.2 Å². The predicted octanol–water partition coefficient (Wildman–Crippen LogP) is 4.00. The molecule has 0 aliphatic carbocycles. The van der Waals surface area contributed by atoms with E-state index < -0.39 is 11.5 Å². The van der Waals surface area contributed by atoms with E-state index in [1.165, 1.54) is 18.4 Å². The average molecular weight is 387 g/mol. The molecule has 1 aliphatic rings. The number of nitrogens with zero attached hydrogens (tertiary/aromatic N) is 1. The quantitative estimate of drug-likeness (QED) is 0.649. The van der Waals surface area contributed by atoms with Gasteiger partial charge in [-0.2, -0.15) is 0 Å². The van der Waals surface area contributed by atoms with E-state index in [0.29, 0.717) is 23.6 Å². The van der Waals surface area contributed by atoms with Gasteiger partial charge in [0.1, 0.15) is 5.76 Å². The van der Waals surface area contributed by atoms with Crippen molar-refractivity contribution in [2.45, 2.75) is 25.5 Å². The summed E-state index contributed by atoms with van der Waals surface area (Å²) in [5.41, 5.74) is 1.25. The Labute approximate surface area is 168 Å². The molecule has 1 aliphatic heterocycles. The molecule has 0 saturated heterocycles. The van der Waals surface area contributed by atoms with Gasteiger partial charge in [0.05, 0.1) is 24.9 Å². The van der Waals surface area contributed by atoms with Crippen molar-refractivity contribution < 1.29 is 19.1 Å². The Hall–Kier alpha value is -3.44. The first-order valence-corrected chi connectivity index (χ1v) is 9.42. The molecule has 3 aromatic rings. The van der Waals surface area contributed by atoms with Gasteiger partial charge < -0.3 is 14.4 Å². The first kappa shape index (κ1) is 18.9. The maximum Gasteiger partial charge on any atom is 0.264 e. The monoisotopic (exact) mass is 387 g/mol. The maximum atomic E-state index is 13.2. The van der Waals surface area contributed by atoms with E-state index in [9.17, 15) is 14.7 Å². The highest BCUT2D eigenvalue weighted by Crippen LogP contribution is 2.43. The summed E-state index contributed by atoms with van der Waals surface area (Å²) < 4.78 is 5.17. The molecule has 5 heteroatoms. The molecular weight excluding hydrogens is 366 g/mol. The van der Waals surface area contributed by atoms with Gasteiger partial charge in [-0.3, -0.25) is 9.59 Å². The molecule has 0 saturated carbocycles. The van der Waals surface area contributed by atoms with Crippen molar-refractivity contribution in [2.24, 2.45) is 0 Å². The van der Waals surface area contributed by atoms with Crippen LogP contribution < -0.4 is 4.90 Å². The molecule has 2 heterocycles. The van der Waals surface area contributed by atoms with E-state index >= 15 is 0 Å². The number of furan rings is 1. The molecule has 1 amide bonds. The zero-order chi connectivity index (χ0) is 20.4. The summed E-state index contributed by atoms with van der Waals surface area (Å²) >= 11 is 0. The second-order valence-corrected chi connectivity index (χ2v) is 7.19. The SMILES string of the molecule is Cc1ccccc1CN1C(=O)[C@](O)(CC(=O)/C=C/c2ccco2)c2ccccc21. The number of amides is 1. The highest BCUT2D eigenvalue weighted by molar-refractivity contribution is 6.10. The van der Waals surface area contributed by atoms with E-state index in [0.717, 1.165) is 11.1 Å². The van der Waals surface area contributed by atoms with Gasteiger partial charge in [0.15, 0.2) is 11.4 Å². The number of ketones is 1. The third-order valence-electron chi connectivity index (χ3n) is 5.24. The predicted molar refractivity (Wildman–Crippen MR) is 110 cm³/mol. The Kier molecular flexibility index (Phi) is 4.91. The highest BCUT2D eigenvalue weighted by Gasteiger charge is 2.50. The zero-order valence-corrected chi connectivity index (χ0v) is 16.0. The number of fused-ring (bicyclic) bond motifs is 1. The average Bonchev–Trinajstić information content (AvgIpc) is 3.30. The number of hydrogen-bond donors (Lipinski definition) is 1. The van der Waals surface area contributed by atoms with Crippen molar-refractivity contribution in [1.82, 2.24) is 0 Å². The van der Waals surface area contributed by atoms with E-state index in [4.69, 9.17) is 4.42 Å². The fraction of sp³-hybridized carbons (Fsp3) is 0.167. The Bertz CT molecular complexity index is 1080. The summed E-state index contributed by atoms with van der Waals surface area (Å²) in [6.45, 7) is 2.32. The standard InChI is InChI=1S/C24H21NO4/c1-17-7-2-3-8-18(17)16-25-22-11-5-4-10-21(22)24(28,23(25)27)15-19(26)12-13-20-9-6-14-29-20/h2-14,28H,15-16H2,1H3/b13-12+/t24-/m0/s1. The van der Waals surface area contributed by atoms with Crippen LogP contribution in [0.3, 0.4) is 0 Å². The number of carbonyl (C=O) groups is 2. The van der Waals surface area contributed by atoms with Gasteiger partial charge >= 0.3 is 0 Å². The first-order chi connectivity index (χ1) is 14.0. The minimum Gasteiger partial charge on any atom is -0.465 e. The minimum absolute atomic E-state index is 0.329. The molecule has 0 fully saturated rings. The molecule has 146 valence electrons. The summed E-state index contributed by atoms with van der Waals surface area (Å²) in [6, 6.07) is 18.3. The number of anilines is 1. The molecule has 0 radical (unpaired) electrons. The number of allylic oxidation sites excluding steroid dienone is 1. The molecule has 0 unspecified atom stereocenters. The number of rotatable bonds is 6. The summed E-state index contributed by atoms with van der Waals surface area (Å²) in [7, 11) is 0. The Balaban J connectivity index is 1.63. The lowest BCUT2D eigenvalue weighted by Gasteiger charge is -2.23.